The van der Waals surface area contributed by atoms with Crippen LogP contribution < -0.4 is 0 Å². The Morgan fingerprint density at radius 2 is 1.65 bits per heavy atom. The highest BCUT2D eigenvalue weighted by Crippen LogP contribution is 2.45. The Balaban J connectivity index is 2.46. The van der Waals surface area contributed by atoms with Crippen molar-refractivity contribution in [1.82, 2.24) is 0 Å². The quantitative estimate of drug-likeness (QED) is 0.146. The van der Waals surface area contributed by atoms with E-state index in [1.165, 1.54) is 51.4 Å². The van der Waals surface area contributed by atoms with Gasteiger partial charge in [-0.05, 0) is 40.0 Å². The molecule has 0 aromatic rings. The van der Waals surface area contributed by atoms with Crippen molar-refractivity contribution in [3.8, 4) is 0 Å². The fourth-order valence-electron chi connectivity index (χ4n) is 4.13. The lowest BCUT2D eigenvalue weighted by atomic mass is 9.65. The first-order valence-corrected chi connectivity index (χ1v) is 14.0. The van der Waals surface area contributed by atoms with E-state index < -0.39 is 7.82 Å². The van der Waals surface area contributed by atoms with Gasteiger partial charge in [0.25, 0.3) is 0 Å². The molecule has 4 atom stereocenters. The van der Waals surface area contributed by atoms with Crippen LogP contribution >= 0.6 is 7.82 Å². The maximum Gasteiger partial charge on any atom is 0.472 e. The Morgan fingerprint density at radius 1 is 1.03 bits per heavy atom. The van der Waals surface area contributed by atoms with Gasteiger partial charge in [-0.25, -0.2) is 4.57 Å². The van der Waals surface area contributed by atoms with E-state index in [0.29, 0.717) is 0 Å². The van der Waals surface area contributed by atoms with Crippen LogP contribution in [0, 0.1) is 5.92 Å². The molecule has 0 saturated carbocycles. The second-order valence-corrected chi connectivity index (χ2v) is 10.8. The topological polar surface area (TPSA) is 74.2 Å². The van der Waals surface area contributed by atoms with Crippen LogP contribution in [0.5, 0.6) is 0 Å². The van der Waals surface area contributed by atoms with Crippen molar-refractivity contribution in [2.45, 2.75) is 136 Å². The molecular formula is C23H47BO6P. The molecule has 0 spiro atoms. The maximum absolute atomic E-state index is 12.0. The molecule has 1 fully saturated rings. The molecule has 1 saturated heterocycles. The molecule has 0 aliphatic carbocycles. The molecule has 0 bridgehead atoms. The second-order valence-electron chi connectivity index (χ2n) is 9.41. The molecule has 0 aromatic heterocycles. The van der Waals surface area contributed by atoms with Gasteiger partial charge < -0.3 is 14.4 Å². The van der Waals surface area contributed by atoms with Gasteiger partial charge in [0, 0.05) is 6.00 Å². The molecule has 0 amide bonds. The van der Waals surface area contributed by atoms with Gasteiger partial charge in [-0.15, -0.1) is 0 Å². The van der Waals surface area contributed by atoms with E-state index in [1.54, 1.807) is 13.8 Å². The van der Waals surface area contributed by atoms with Gasteiger partial charge in [-0.3, -0.25) is 9.05 Å². The monoisotopic (exact) mass is 461 g/mol. The number of phosphoric ester groups is 1. The standard InChI is InChI=1S/C23H47BO6P/c1-7-9-12-20(13-10-8-2)14-11-15-24-23-16-21(28-18(3)4)22(29-23)17-27-31(25,26)30-19(5)6/h18-23H,7-17H2,1-6H3,(H,25,26)/t21-,22-,23-/m1/s1. The number of ether oxygens (including phenoxy) is 2. The molecule has 1 aliphatic rings. The SMILES string of the molecule is CCCCC(CCCC)CCC[B][C@H]1C[C@@H](OC(C)C)[C@@H](COP(=O)(O)OC(C)C)O1. The van der Waals surface area contributed by atoms with Gasteiger partial charge in [0.05, 0.1) is 24.9 Å². The van der Waals surface area contributed by atoms with Crippen LogP contribution in [-0.2, 0) is 23.1 Å². The first-order valence-electron chi connectivity index (χ1n) is 12.5. The minimum atomic E-state index is -4.08. The molecule has 1 N–H and O–H groups in total. The smallest absolute Gasteiger partial charge is 0.379 e. The summed E-state index contributed by atoms with van der Waals surface area (Å²) in [6.45, 7) is 11.9. The van der Waals surface area contributed by atoms with Crippen LogP contribution in [0.4, 0.5) is 0 Å². The highest BCUT2D eigenvalue weighted by molar-refractivity contribution is 7.47. The van der Waals surface area contributed by atoms with E-state index in [4.69, 9.17) is 18.5 Å². The van der Waals surface area contributed by atoms with Crippen LogP contribution in [0.1, 0.15) is 99.3 Å². The van der Waals surface area contributed by atoms with E-state index in [2.05, 4.69) is 21.1 Å². The lowest BCUT2D eigenvalue weighted by Gasteiger charge is -2.22. The van der Waals surface area contributed by atoms with Gasteiger partial charge in [0.2, 0.25) is 0 Å². The molecule has 183 valence electrons. The molecule has 1 rings (SSSR count). The average Bonchev–Trinajstić information content (AvgIpc) is 3.05. The predicted molar refractivity (Wildman–Crippen MR) is 128 cm³/mol. The first-order chi connectivity index (χ1) is 14.7. The zero-order valence-electron chi connectivity index (χ0n) is 20.8. The zero-order chi connectivity index (χ0) is 23.3. The fourth-order valence-corrected chi connectivity index (χ4v) is 5.06. The van der Waals surface area contributed by atoms with E-state index in [9.17, 15) is 9.46 Å². The summed E-state index contributed by atoms with van der Waals surface area (Å²) in [6.07, 6.45) is 11.3. The highest BCUT2D eigenvalue weighted by Gasteiger charge is 2.38. The predicted octanol–water partition coefficient (Wildman–Crippen LogP) is 6.34. The Bertz CT molecular complexity index is 496. The third-order valence-electron chi connectivity index (χ3n) is 5.60. The van der Waals surface area contributed by atoms with Crippen LogP contribution in [0.25, 0.3) is 0 Å². The summed E-state index contributed by atoms with van der Waals surface area (Å²) >= 11 is 0. The number of hydrogen-bond donors (Lipinski definition) is 1. The van der Waals surface area contributed by atoms with Crippen molar-refractivity contribution >= 4 is 15.1 Å². The lowest BCUT2D eigenvalue weighted by molar-refractivity contribution is -0.0590. The Labute approximate surface area is 192 Å². The largest absolute Gasteiger partial charge is 0.472 e. The van der Waals surface area contributed by atoms with E-state index in [0.717, 1.165) is 18.7 Å². The van der Waals surface area contributed by atoms with Crippen LogP contribution in [0.3, 0.4) is 0 Å². The zero-order valence-corrected chi connectivity index (χ0v) is 21.6. The molecule has 1 unspecified atom stereocenters. The van der Waals surface area contributed by atoms with Crippen molar-refractivity contribution in [2.24, 2.45) is 5.92 Å². The molecule has 31 heavy (non-hydrogen) atoms. The third-order valence-corrected chi connectivity index (χ3v) is 6.76. The normalized spacial score (nSPS) is 23.7. The first kappa shape index (κ1) is 29.1. The third kappa shape index (κ3) is 13.4. The fraction of sp³-hybridized carbons (Fsp3) is 1.00. The van der Waals surface area contributed by atoms with Crippen molar-refractivity contribution < 1.29 is 28.0 Å². The Kier molecular flexibility index (Phi) is 14.9. The van der Waals surface area contributed by atoms with Crippen LogP contribution in [-0.4, -0.2) is 49.2 Å². The number of hydrogen-bond acceptors (Lipinski definition) is 5. The Morgan fingerprint density at radius 3 is 2.19 bits per heavy atom. The average molecular weight is 461 g/mol. The highest BCUT2D eigenvalue weighted by atomic mass is 31.2. The van der Waals surface area contributed by atoms with Crippen molar-refractivity contribution in [1.29, 1.82) is 0 Å². The molecule has 8 heteroatoms. The second kappa shape index (κ2) is 15.8. The summed E-state index contributed by atoms with van der Waals surface area (Å²) in [6, 6.07) is -0.00817. The maximum atomic E-state index is 12.0. The van der Waals surface area contributed by atoms with Gasteiger partial charge in [0.1, 0.15) is 13.4 Å². The molecule has 1 radical (unpaired) electrons. The van der Waals surface area contributed by atoms with Gasteiger partial charge >= 0.3 is 7.82 Å². The molecule has 0 aromatic carbocycles. The van der Waals surface area contributed by atoms with Gasteiger partial charge in [0.15, 0.2) is 0 Å². The van der Waals surface area contributed by atoms with Crippen molar-refractivity contribution in [3.05, 3.63) is 0 Å². The summed E-state index contributed by atoms with van der Waals surface area (Å²) in [4.78, 5) is 9.83. The van der Waals surface area contributed by atoms with E-state index >= 15 is 0 Å². The number of rotatable bonds is 18. The van der Waals surface area contributed by atoms with E-state index in [1.807, 2.05) is 13.8 Å². The van der Waals surface area contributed by atoms with E-state index in [-0.39, 0.29) is 37.0 Å². The van der Waals surface area contributed by atoms with Crippen LogP contribution in [0.2, 0.25) is 6.32 Å². The molecular weight excluding hydrogens is 414 g/mol. The summed E-state index contributed by atoms with van der Waals surface area (Å²) in [7, 11) is -1.84. The number of phosphoric acid groups is 1. The minimum Gasteiger partial charge on any atom is -0.379 e. The summed E-state index contributed by atoms with van der Waals surface area (Å²) in [5.74, 6) is 0.843. The molecule has 1 heterocycles. The minimum absolute atomic E-state index is 0.00817. The molecule has 6 nitrogen and oxygen atoms in total. The lowest BCUT2D eigenvalue weighted by Crippen LogP contribution is -2.31. The Hall–Kier alpha value is 0.0949. The van der Waals surface area contributed by atoms with Crippen molar-refractivity contribution in [2.75, 3.05) is 6.61 Å². The van der Waals surface area contributed by atoms with Crippen LogP contribution in [0.15, 0.2) is 0 Å². The van der Waals surface area contributed by atoms with Crippen molar-refractivity contribution in [3.63, 3.8) is 0 Å². The van der Waals surface area contributed by atoms with Gasteiger partial charge in [-0.1, -0.05) is 71.5 Å². The summed E-state index contributed by atoms with van der Waals surface area (Å²) in [5.41, 5.74) is 0. The number of unbranched alkanes of at least 4 members (excludes halogenated alkanes) is 2. The summed E-state index contributed by atoms with van der Waals surface area (Å²) < 4.78 is 34.3. The summed E-state index contributed by atoms with van der Waals surface area (Å²) in [5, 5.41) is 0. The van der Waals surface area contributed by atoms with Gasteiger partial charge in [-0.2, -0.15) is 0 Å². The molecule has 1 aliphatic heterocycles.